The number of carbonyl (C=O) groups excluding carboxylic acids is 1. The van der Waals surface area contributed by atoms with Gasteiger partial charge in [-0.05, 0) is 25.0 Å². The minimum Gasteiger partial charge on any atom is -0.481 e. The number of furan rings is 1. The smallest absolute Gasteiger partial charge is 0.305 e. The molecule has 2 N–H and O–H groups in total. The molecule has 0 bridgehead atoms. The number of hydrogen-bond donors (Lipinski definition) is 2. The van der Waals surface area contributed by atoms with Gasteiger partial charge in [-0.2, -0.15) is 0 Å². The van der Waals surface area contributed by atoms with Gasteiger partial charge in [-0.1, -0.05) is 30.3 Å². The number of anilines is 1. The summed E-state index contributed by atoms with van der Waals surface area (Å²) in [7, 11) is -0.694. The third-order valence-electron chi connectivity index (χ3n) is 4.55. The molecule has 0 fully saturated rings. The maximum atomic E-state index is 13.2. The fourth-order valence-electron chi connectivity index (χ4n) is 3.22. The van der Waals surface area contributed by atoms with Crippen molar-refractivity contribution in [3.05, 3.63) is 59.4 Å². The summed E-state index contributed by atoms with van der Waals surface area (Å²) in [6.45, 7) is 6.77. The van der Waals surface area contributed by atoms with Crippen molar-refractivity contribution < 1.29 is 27.5 Å². The Hall–Kier alpha value is -3.07. The zero-order valence-corrected chi connectivity index (χ0v) is 18.2. The summed E-state index contributed by atoms with van der Waals surface area (Å²) in [5.74, 6) is -2.03. The van der Waals surface area contributed by atoms with Crippen molar-refractivity contribution in [2.24, 2.45) is 0 Å². The number of aliphatic carboxylic acids is 1. The Balaban J connectivity index is 2.57. The molecule has 9 heteroatoms. The van der Waals surface area contributed by atoms with Gasteiger partial charge >= 0.3 is 5.97 Å². The molecule has 2 rings (SSSR count). The Morgan fingerprint density at radius 1 is 1.27 bits per heavy atom. The van der Waals surface area contributed by atoms with Crippen molar-refractivity contribution in [3.63, 3.8) is 0 Å². The molecule has 1 heterocycles. The molecule has 1 unspecified atom stereocenters. The second-order valence-corrected chi connectivity index (χ2v) is 9.08. The molecule has 0 saturated carbocycles. The molecular formula is C21H26N2O6S. The van der Waals surface area contributed by atoms with Crippen LogP contribution in [0.1, 0.15) is 39.7 Å². The average molecular weight is 435 g/mol. The Kier molecular flexibility index (Phi) is 7.09. The van der Waals surface area contributed by atoms with Crippen LogP contribution >= 0.6 is 0 Å². The SMILES string of the molecule is C=CCS(=O)(=O)c1c(N(C)C)oc(C)c1C(=O)NC(CC(=O)O)c1ccccc1C. The summed E-state index contributed by atoms with van der Waals surface area (Å²) in [5.41, 5.74) is 1.31. The number of nitrogens with zero attached hydrogens (tertiary/aromatic N) is 1. The second-order valence-electron chi connectivity index (χ2n) is 7.11. The number of carboxylic acids is 1. The minimum atomic E-state index is -3.90. The van der Waals surface area contributed by atoms with Gasteiger partial charge in [0.1, 0.15) is 16.2 Å². The van der Waals surface area contributed by atoms with Gasteiger partial charge in [-0.3, -0.25) is 9.59 Å². The van der Waals surface area contributed by atoms with Gasteiger partial charge in [0.05, 0.1) is 18.2 Å². The van der Waals surface area contributed by atoms with Gasteiger partial charge < -0.3 is 19.7 Å². The number of hydrogen-bond acceptors (Lipinski definition) is 6. The molecule has 1 amide bonds. The van der Waals surface area contributed by atoms with Crippen LogP contribution in [0.4, 0.5) is 5.88 Å². The van der Waals surface area contributed by atoms with Crippen LogP contribution < -0.4 is 10.2 Å². The van der Waals surface area contributed by atoms with Crippen LogP contribution in [0.15, 0.2) is 46.2 Å². The van der Waals surface area contributed by atoms with Crippen molar-refractivity contribution in [2.45, 2.75) is 31.2 Å². The third-order valence-corrected chi connectivity index (χ3v) is 6.23. The van der Waals surface area contributed by atoms with Gasteiger partial charge in [0.25, 0.3) is 5.91 Å². The molecule has 0 radical (unpaired) electrons. The van der Waals surface area contributed by atoms with Gasteiger partial charge in [-0.25, -0.2) is 8.42 Å². The summed E-state index contributed by atoms with van der Waals surface area (Å²) in [4.78, 5) is 25.8. The lowest BCUT2D eigenvalue weighted by Crippen LogP contribution is -2.32. The summed E-state index contributed by atoms with van der Waals surface area (Å²) in [5, 5.41) is 12.0. The van der Waals surface area contributed by atoms with Crippen LogP contribution in [0.2, 0.25) is 0 Å². The number of rotatable bonds is 9. The van der Waals surface area contributed by atoms with Gasteiger partial charge in [0.2, 0.25) is 5.88 Å². The van der Waals surface area contributed by atoms with E-state index in [2.05, 4.69) is 11.9 Å². The lowest BCUT2D eigenvalue weighted by atomic mass is 9.98. The lowest BCUT2D eigenvalue weighted by molar-refractivity contribution is -0.137. The number of carbonyl (C=O) groups is 2. The summed E-state index contributed by atoms with van der Waals surface area (Å²) in [6.07, 6.45) is 0.877. The van der Waals surface area contributed by atoms with Gasteiger partial charge in [0.15, 0.2) is 9.84 Å². The number of benzene rings is 1. The van der Waals surface area contributed by atoms with Crippen molar-refractivity contribution >= 4 is 27.6 Å². The summed E-state index contributed by atoms with van der Waals surface area (Å²) in [6, 6.07) is 6.25. The van der Waals surface area contributed by atoms with Gasteiger partial charge in [-0.15, -0.1) is 6.58 Å². The van der Waals surface area contributed by atoms with Crippen LogP contribution in [0.25, 0.3) is 0 Å². The first-order valence-corrected chi connectivity index (χ1v) is 10.9. The lowest BCUT2D eigenvalue weighted by Gasteiger charge is -2.20. The molecule has 30 heavy (non-hydrogen) atoms. The topological polar surface area (TPSA) is 117 Å². The Labute approximate surface area is 176 Å². The molecule has 0 aliphatic rings. The number of sulfone groups is 1. The fraction of sp³-hybridized carbons (Fsp3) is 0.333. The monoisotopic (exact) mass is 434 g/mol. The Bertz CT molecular complexity index is 1070. The van der Waals surface area contributed by atoms with Crippen molar-refractivity contribution in [1.29, 1.82) is 0 Å². The van der Waals surface area contributed by atoms with E-state index >= 15 is 0 Å². The highest BCUT2D eigenvalue weighted by molar-refractivity contribution is 7.91. The average Bonchev–Trinajstić information content (AvgIpc) is 3.00. The standard InChI is InChI=1S/C21H26N2O6S/c1-6-11-30(27,28)19-18(14(3)29-21(19)23(4)5)20(26)22-16(12-17(24)25)15-10-8-7-9-13(15)2/h6-10,16H,1,11-12H2,2-5H3,(H,22,26)(H,24,25). The van der Waals surface area contributed by atoms with E-state index in [1.165, 1.54) is 17.9 Å². The van der Waals surface area contributed by atoms with Crippen molar-refractivity contribution in [3.8, 4) is 0 Å². The largest absolute Gasteiger partial charge is 0.481 e. The van der Waals surface area contributed by atoms with E-state index in [-0.39, 0.29) is 34.3 Å². The molecule has 1 aromatic heterocycles. The first-order valence-electron chi connectivity index (χ1n) is 9.22. The molecule has 1 atom stereocenters. The van der Waals surface area contributed by atoms with E-state index in [0.717, 1.165) is 5.56 Å². The van der Waals surface area contributed by atoms with Crippen LogP contribution in [-0.4, -0.2) is 45.2 Å². The number of nitrogens with one attached hydrogen (secondary N) is 1. The zero-order chi connectivity index (χ0) is 22.6. The number of amides is 1. The highest BCUT2D eigenvalue weighted by Crippen LogP contribution is 2.34. The molecule has 0 saturated heterocycles. The zero-order valence-electron chi connectivity index (χ0n) is 17.4. The molecule has 0 aliphatic carbocycles. The third kappa shape index (κ3) is 4.91. The number of carboxylic acid groups (broad SMARTS) is 1. The minimum absolute atomic E-state index is 0.0326. The van der Waals surface area contributed by atoms with Crippen LogP contribution in [0.3, 0.4) is 0 Å². The quantitative estimate of drug-likeness (QED) is 0.583. The predicted molar refractivity (Wildman–Crippen MR) is 114 cm³/mol. The highest BCUT2D eigenvalue weighted by atomic mass is 32.2. The van der Waals surface area contributed by atoms with Crippen LogP contribution in [-0.2, 0) is 14.6 Å². The fourth-order valence-corrected chi connectivity index (χ4v) is 4.73. The molecule has 1 aromatic carbocycles. The molecule has 162 valence electrons. The Morgan fingerprint density at radius 3 is 2.43 bits per heavy atom. The highest BCUT2D eigenvalue weighted by Gasteiger charge is 2.34. The van der Waals surface area contributed by atoms with Gasteiger partial charge in [0, 0.05) is 14.1 Å². The van der Waals surface area contributed by atoms with Crippen LogP contribution in [0, 0.1) is 13.8 Å². The molecule has 2 aromatic rings. The maximum Gasteiger partial charge on any atom is 0.305 e. The first kappa shape index (κ1) is 23.2. The predicted octanol–water partition coefficient (Wildman–Crippen LogP) is 2.87. The van der Waals surface area contributed by atoms with Crippen molar-refractivity contribution in [1.82, 2.24) is 5.32 Å². The van der Waals surface area contributed by atoms with E-state index < -0.39 is 27.8 Å². The molecule has 0 aliphatic heterocycles. The normalized spacial score (nSPS) is 12.3. The second kappa shape index (κ2) is 9.17. The maximum absolute atomic E-state index is 13.2. The van der Waals surface area contributed by atoms with Crippen molar-refractivity contribution in [2.75, 3.05) is 24.7 Å². The number of aryl methyl sites for hydroxylation is 2. The van der Waals surface area contributed by atoms with E-state index in [4.69, 9.17) is 4.42 Å². The van der Waals surface area contributed by atoms with Crippen LogP contribution in [0.5, 0.6) is 0 Å². The van der Waals surface area contributed by atoms with E-state index in [1.807, 2.05) is 19.1 Å². The summed E-state index contributed by atoms with van der Waals surface area (Å²) < 4.78 is 31.3. The molecule has 8 nitrogen and oxygen atoms in total. The molecule has 0 spiro atoms. The van der Waals surface area contributed by atoms with E-state index in [1.54, 1.807) is 26.2 Å². The van der Waals surface area contributed by atoms with E-state index in [0.29, 0.717) is 5.56 Å². The summed E-state index contributed by atoms with van der Waals surface area (Å²) >= 11 is 0. The first-order chi connectivity index (χ1) is 14.0. The molecular weight excluding hydrogens is 408 g/mol. The van der Waals surface area contributed by atoms with E-state index in [9.17, 15) is 23.1 Å². The Morgan fingerprint density at radius 2 is 1.90 bits per heavy atom.